The average molecular weight is 280 g/mol. The van der Waals surface area contributed by atoms with Crippen LogP contribution >= 0.6 is 11.6 Å². The lowest BCUT2D eigenvalue weighted by atomic mass is 10.2. The molecular formula is C12H10ClN3O3. The zero-order chi connectivity index (χ0) is 13.6. The zero-order valence-electron chi connectivity index (χ0n) is 10.1. The Balaban J connectivity index is 2.37. The Morgan fingerprint density at radius 1 is 1.53 bits per heavy atom. The molecule has 0 aromatic carbocycles. The van der Waals surface area contributed by atoms with Crippen LogP contribution in [0, 0.1) is 0 Å². The molecule has 98 valence electrons. The number of esters is 1. The number of ether oxygens (including phenoxy) is 1. The first-order valence-corrected chi connectivity index (χ1v) is 6.15. The molecule has 0 unspecified atom stereocenters. The summed E-state index contributed by atoms with van der Waals surface area (Å²) in [5.74, 6) is -0.656. The number of carbonyl (C=O) groups is 1. The first-order valence-electron chi connectivity index (χ1n) is 5.77. The number of fused-ring (bicyclic) bond motifs is 1. The van der Waals surface area contributed by atoms with Crippen molar-refractivity contribution in [1.29, 1.82) is 0 Å². The molecule has 1 aliphatic rings. The number of hydrogen-bond donors (Lipinski definition) is 0. The molecule has 19 heavy (non-hydrogen) atoms. The van der Waals surface area contributed by atoms with Gasteiger partial charge in [0.05, 0.1) is 12.5 Å². The average Bonchev–Trinajstić information content (AvgIpc) is 3.22. The van der Waals surface area contributed by atoms with Crippen molar-refractivity contribution < 1.29 is 9.53 Å². The molecule has 6 nitrogen and oxygen atoms in total. The van der Waals surface area contributed by atoms with E-state index in [9.17, 15) is 9.59 Å². The highest BCUT2D eigenvalue weighted by molar-refractivity contribution is 6.28. The summed E-state index contributed by atoms with van der Waals surface area (Å²) in [4.78, 5) is 31.7. The molecule has 0 aliphatic heterocycles. The number of halogens is 1. The van der Waals surface area contributed by atoms with Crippen LogP contribution in [0.3, 0.4) is 0 Å². The SMILES string of the molecule is COC(=O)c1cn(C2CC2)c2nc(Cl)ncc2c1=O. The van der Waals surface area contributed by atoms with Crippen molar-refractivity contribution >= 4 is 28.6 Å². The molecule has 0 bridgehead atoms. The van der Waals surface area contributed by atoms with Crippen molar-refractivity contribution in [3.8, 4) is 0 Å². The lowest BCUT2D eigenvalue weighted by Gasteiger charge is -2.10. The number of nitrogens with zero attached hydrogens (tertiary/aromatic N) is 3. The summed E-state index contributed by atoms with van der Waals surface area (Å²) >= 11 is 5.77. The number of aromatic nitrogens is 3. The Labute approximate surface area is 113 Å². The fourth-order valence-corrected chi connectivity index (χ4v) is 2.13. The quantitative estimate of drug-likeness (QED) is 0.616. The highest BCUT2D eigenvalue weighted by Gasteiger charge is 2.27. The van der Waals surface area contributed by atoms with Crippen molar-refractivity contribution in [3.63, 3.8) is 0 Å². The van der Waals surface area contributed by atoms with E-state index in [1.165, 1.54) is 19.5 Å². The normalized spacial score (nSPS) is 14.6. The van der Waals surface area contributed by atoms with Gasteiger partial charge in [0.2, 0.25) is 10.7 Å². The maximum absolute atomic E-state index is 12.2. The summed E-state index contributed by atoms with van der Waals surface area (Å²) in [5, 5.41) is 0.353. The molecule has 0 saturated heterocycles. The van der Waals surface area contributed by atoms with Crippen molar-refractivity contribution in [2.24, 2.45) is 0 Å². The van der Waals surface area contributed by atoms with Gasteiger partial charge in [-0.1, -0.05) is 0 Å². The first kappa shape index (κ1) is 12.1. The van der Waals surface area contributed by atoms with Crippen molar-refractivity contribution in [1.82, 2.24) is 14.5 Å². The highest BCUT2D eigenvalue weighted by atomic mass is 35.5. The maximum Gasteiger partial charge on any atom is 0.343 e. The van der Waals surface area contributed by atoms with E-state index in [2.05, 4.69) is 14.7 Å². The second kappa shape index (κ2) is 4.31. The summed E-state index contributed by atoms with van der Waals surface area (Å²) < 4.78 is 6.43. The Bertz CT molecular complexity index is 737. The van der Waals surface area contributed by atoms with Gasteiger partial charge in [-0.05, 0) is 24.4 Å². The molecule has 2 heterocycles. The summed E-state index contributed by atoms with van der Waals surface area (Å²) in [7, 11) is 1.24. The Kier molecular flexibility index (Phi) is 2.74. The zero-order valence-corrected chi connectivity index (χ0v) is 10.8. The molecule has 0 amide bonds. The largest absolute Gasteiger partial charge is 0.465 e. The Morgan fingerprint density at radius 2 is 2.26 bits per heavy atom. The molecule has 1 saturated carbocycles. The standard InChI is InChI=1S/C12H10ClN3O3/c1-19-11(18)8-5-16(6-2-3-6)10-7(9(8)17)4-14-12(13)15-10/h4-6H,2-3H2,1H3. The predicted molar refractivity (Wildman–Crippen MR) is 68.4 cm³/mol. The molecule has 0 atom stereocenters. The molecule has 3 rings (SSSR count). The Hall–Kier alpha value is -1.95. The maximum atomic E-state index is 12.2. The number of hydrogen-bond acceptors (Lipinski definition) is 5. The summed E-state index contributed by atoms with van der Waals surface area (Å²) in [5.41, 5.74) is 0.0170. The summed E-state index contributed by atoms with van der Waals surface area (Å²) in [6.07, 6.45) is 4.82. The molecule has 7 heteroatoms. The monoisotopic (exact) mass is 279 g/mol. The minimum atomic E-state index is -0.656. The summed E-state index contributed by atoms with van der Waals surface area (Å²) in [6.45, 7) is 0. The first-order chi connectivity index (χ1) is 9.11. The van der Waals surface area contributed by atoms with E-state index < -0.39 is 11.4 Å². The third-order valence-corrected chi connectivity index (χ3v) is 3.27. The van der Waals surface area contributed by atoms with E-state index in [4.69, 9.17) is 11.6 Å². The number of pyridine rings is 1. The van der Waals surface area contributed by atoms with Crippen LogP contribution in [0.5, 0.6) is 0 Å². The fraction of sp³-hybridized carbons (Fsp3) is 0.333. The van der Waals surface area contributed by atoms with Gasteiger partial charge < -0.3 is 9.30 Å². The molecule has 0 spiro atoms. The lowest BCUT2D eigenvalue weighted by Crippen LogP contribution is -2.20. The third kappa shape index (κ3) is 1.98. The van der Waals surface area contributed by atoms with Crippen LogP contribution in [0.25, 0.3) is 11.0 Å². The van der Waals surface area contributed by atoms with E-state index in [-0.39, 0.29) is 22.3 Å². The van der Waals surface area contributed by atoms with Crippen LogP contribution in [0.2, 0.25) is 5.28 Å². The van der Waals surface area contributed by atoms with Gasteiger partial charge in [-0.2, -0.15) is 4.98 Å². The van der Waals surface area contributed by atoms with E-state index in [1.807, 2.05) is 0 Å². The van der Waals surface area contributed by atoms with Gasteiger partial charge in [-0.15, -0.1) is 0 Å². The smallest absolute Gasteiger partial charge is 0.343 e. The molecule has 0 radical (unpaired) electrons. The van der Waals surface area contributed by atoms with Gasteiger partial charge >= 0.3 is 5.97 Å². The molecule has 2 aromatic heterocycles. The van der Waals surface area contributed by atoms with Crippen LogP contribution in [0.4, 0.5) is 0 Å². The van der Waals surface area contributed by atoms with Crippen molar-refractivity contribution in [3.05, 3.63) is 33.5 Å². The number of methoxy groups -OCH3 is 1. The van der Waals surface area contributed by atoms with Gasteiger partial charge in [0.1, 0.15) is 11.2 Å². The summed E-state index contributed by atoms with van der Waals surface area (Å²) in [6, 6.07) is 0.248. The second-order valence-corrected chi connectivity index (χ2v) is 4.72. The van der Waals surface area contributed by atoms with E-state index >= 15 is 0 Å². The topological polar surface area (TPSA) is 74.1 Å². The minimum absolute atomic E-state index is 0.00665. The van der Waals surface area contributed by atoms with E-state index in [0.717, 1.165) is 12.8 Å². The van der Waals surface area contributed by atoms with Crippen LogP contribution in [0.1, 0.15) is 29.2 Å². The third-order valence-electron chi connectivity index (χ3n) is 3.09. The number of rotatable bonds is 2. The number of carbonyl (C=O) groups excluding carboxylic acids is 1. The van der Waals surface area contributed by atoms with E-state index in [0.29, 0.717) is 5.65 Å². The molecule has 2 aromatic rings. The molecule has 1 aliphatic carbocycles. The van der Waals surface area contributed by atoms with Gasteiger partial charge in [0.15, 0.2) is 0 Å². The predicted octanol–water partition coefficient (Wildman–Crippen LogP) is 1.57. The minimum Gasteiger partial charge on any atom is -0.465 e. The van der Waals surface area contributed by atoms with Gasteiger partial charge in [-0.25, -0.2) is 9.78 Å². The second-order valence-electron chi connectivity index (χ2n) is 4.38. The van der Waals surface area contributed by atoms with Gasteiger partial charge in [0.25, 0.3) is 0 Å². The van der Waals surface area contributed by atoms with Crippen LogP contribution in [-0.2, 0) is 4.74 Å². The molecule has 0 N–H and O–H groups in total. The van der Waals surface area contributed by atoms with Crippen molar-refractivity contribution in [2.75, 3.05) is 7.11 Å². The molecular weight excluding hydrogens is 270 g/mol. The van der Waals surface area contributed by atoms with E-state index in [1.54, 1.807) is 4.57 Å². The van der Waals surface area contributed by atoms with Crippen LogP contribution in [-0.4, -0.2) is 27.6 Å². The Morgan fingerprint density at radius 3 is 2.89 bits per heavy atom. The highest BCUT2D eigenvalue weighted by Crippen LogP contribution is 2.36. The fourth-order valence-electron chi connectivity index (χ4n) is 2.00. The molecule has 1 fully saturated rings. The van der Waals surface area contributed by atoms with Crippen LogP contribution in [0.15, 0.2) is 17.2 Å². The lowest BCUT2D eigenvalue weighted by molar-refractivity contribution is 0.0598. The van der Waals surface area contributed by atoms with Crippen LogP contribution < -0.4 is 5.43 Å². The van der Waals surface area contributed by atoms with Gasteiger partial charge in [0, 0.05) is 18.4 Å². The van der Waals surface area contributed by atoms with Gasteiger partial charge in [-0.3, -0.25) is 4.79 Å². The van der Waals surface area contributed by atoms with Crippen molar-refractivity contribution in [2.45, 2.75) is 18.9 Å².